The van der Waals surface area contributed by atoms with Gasteiger partial charge in [-0.2, -0.15) is 0 Å². The number of anilines is 1. The molecule has 0 radical (unpaired) electrons. The van der Waals surface area contributed by atoms with Gasteiger partial charge in [-0.05, 0) is 60.7 Å². The van der Waals surface area contributed by atoms with E-state index in [-0.39, 0.29) is 18.4 Å². The lowest BCUT2D eigenvalue weighted by atomic mass is 10.1. The van der Waals surface area contributed by atoms with Crippen LogP contribution < -0.4 is 10.1 Å². The van der Waals surface area contributed by atoms with Crippen LogP contribution in [0.15, 0.2) is 77.7 Å². The zero-order valence-corrected chi connectivity index (χ0v) is 21.2. The normalized spacial score (nSPS) is 14.5. The second kappa shape index (κ2) is 11.3. The minimum Gasteiger partial charge on any atom is -0.484 e. The highest BCUT2D eigenvalue weighted by Gasteiger charge is 2.31. The molecule has 0 aliphatic carbocycles. The number of carbonyl (C=O) groups excluding carboxylic acids is 2. The Hall–Kier alpha value is -3.42. The van der Waals surface area contributed by atoms with E-state index in [0.717, 1.165) is 34.4 Å². The number of thioether (sulfide) groups is 1. The topological polar surface area (TPSA) is 58.6 Å². The van der Waals surface area contributed by atoms with Gasteiger partial charge in [-0.1, -0.05) is 84.6 Å². The van der Waals surface area contributed by atoms with E-state index in [1.165, 1.54) is 11.8 Å². The number of nitrogens with one attached hydrogen (secondary N) is 1. The van der Waals surface area contributed by atoms with E-state index in [0.29, 0.717) is 21.5 Å². The predicted octanol–water partition coefficient (Wildman–Crippen LogP) is 5.76. The molecule has 0 spiro atoms. The van der Waals surface area contributed by atoms with Gasteiger partial charge in [0.15, 0.2) is 6.61 Å². The number of thiocarbonyl (C=S) groups is 1. The maximum atomic E-state index is 12.9. The molecule has 3 aromatic rings. The molecule has 2 amide bonds. The molecule has 0 unspecified atom stereocenters. The molecule has 3 aromatic carbocycles. The molecule has 1 aliphatic rings. The van der Waals surface area contributed by atoms with Gasteiger partial charge in [0.05, 0.1) is 4.91 Å². The third kappa shape index (κ3) is 6.38. The molecule has 1 saturated heterocycles. The molecule has 1 fully saturated rings. The number of hydrogen-bond donors (Lipinski definition) is 1. The SMILES string of the molecule is Cc1cccc(C)c1NC(=O)COc1cccc(/C=C2\SC(=S)N(CCc3ccccc3)C2=O)c1. The number of benzene rings is 3. The lowest BCUT2D eigenvalue weighted by Crippen LogP contribution is -2.30. The number of para-hydroxylation sites is 1. The Balaban J connectivity index is 1.37. The molecule has 1 N–H and O–H groups in total. The van der Waals surface area contributed by atoms with Crippen LogP contribution in [0.25, 0.3) is 6.08 Å². The third-order valence-corrected chi connectivity index (χ3v) is 6.99. The molecular weight excluding hydrogens is 476 g/mol. The first-order valence-electron chi connectivity index (χ1n) is 11.3. The van der Waals surface area contributed by atoms with Crippen molar-refractivity contribution in [3.63, 3.8) is 0 Å². The number of nitrogens with zero attached hydrogens (tertiary/aromatic N) is 1. The van der Waals surface area contributed by atoms with Crippen molar-refractivity contribution in [2.24, 2.45) is 0 Å². The van der Waals surface area contributed by atoms with Gasteiger partial charge in [-0.15, -0.1) is 0 Å². The minimum absolute atomic E-state index is 0.0877. The monoisotopic (exact) mass is 502 g/mol. The van der Waals surface area contributed by atoms with Crippen LogP contribution in [0.2, 0.25) is 0 Å². The summed E-state index contributed by atoms with van der Waals surface area (Å²) in [6.07, 6.45) is 2.55. The van der Waals surface area contributed by atoms with E-state index in [1.54, 1.807) is 11.0 Å². The number of hydrogen-bond acceptors (Lipinski definition) is 5. The summed E-state index contributed by atoms with van der Waals surface area (Å²) in [7, 11) is 0. The second-order valence-corrected chi connectivity index (χ2v) is 9.92. The zero-order valence-electron chi connectivity index (χ0n) is 19.6. The Kier molecular flexibility index (Phi) is 8.00. The van der Waals surface area contributed by atoms with Crippen LogP contribution in [0.1, 0.15) is 22.3 Å². The highest BCUT2D eigenvalue weighted by molar-refractivity contribution is 8.26. The van der Waals surface area contributed by atoms with Crippen LogP contribution in [0.4, 0.5) is 5.69 Å². The average molecular weight is 503 g/mol. The van der Waals surface area contributed by atoms with Crippen molar-refractivity contribution in [2.45, 2.75) is 20.3 Å². The summed E-state index contributed by atoms with van der Waals surface area (Å²) in [4.78, 5) is 27.6. The first kappa shape index (κ1) is 24.7. The Labute approximate surface area is 215 Å². The maximum absolute atomic E-state index is 12.9. The summed E-state index contributed by atoms with van der Waals surface area (Å²) in [5.41, 5.74) is 4.78. The van der Waals surface area contributed by atoms with E-state index in [1.807, 2.05) is 86.7 Å². The third-order valence-electron chi connectivity index (χ3n) is 5.61. The van der Waals surface area contributed by atoms with Crippen LogP contribution in [0, 0.1) is 13.8 Å². The predicted molar refractivity (Wildman–Crippen MR) is 147 cm³/mol. The Bertz CT molecular complexity index is 1270. The Morgan fingerprint density at radius 2 is 1.74 bits per heavy atom. The van der Waals surface area contributed by atoms with Crippen LogP contribution >= 0.6 is 24.0 Å². The number of aryl methyl sites for hydroxylation is 2. The summed E-state index contributed by atoms with van der Waals surface area (Å²) in [5.74, 6) is 0.234. The minimum atomic E-state index is -0.230. The smallest absolute Gasteiger partial charge is 0.266 e. The summed E-state index contributed by atoms with van der Waals surface area (Å²) < 4.78 is 6.28. The van der Waals surface area contributed by atoms with Crippen molar-refractivity contribution >= 4 is 51.9 Å². The van der Waals surface area contributed by atoms with E-state index < -0.39 is 0 Å². The van der Waals surface area contributed by atoms with Crippen molar-refractivity contribution in [1.82, 2.24) is 4.90 Å². The van der Waals surface area contributed by atoms with E-state index >= 15 is 0 Å². The summed E-state index contributed by atoms with van der Waals surface area (Å²) in [6.45, 7) is 4.35. The fourth-order valence-electron chi connectivity index (χ4n) is 3.76. The summed E-state index contributed by atoms with van der Waals surface area (Å²) in [6, 6.07) is 23.2. The molecule has 4 rings (SSSR count). The van der Waals surface area contributed by atoms with Gasteiger partial charge < -0.3 is 10.1 Å². The molecule has 0 aromatic heterocycles. The molecule has 0 saturated carbocycles. The Morgan fingerprint density at radius 1 is 1.03 bits per heavy atom. The van der Waals surface area contributed by atoms with Gasteiger partial charge in [-0.25, -0.2) is 0 Å². The largest absolute Gasteiger partial charge is 0.484 e. The van der Waals surface area contributed by atoms with Crippen LogP contribution in [0.3, 0.4) is 0 Å². The first-order chi connectivity index (χ1) is 16.9. The van der Waals surface area contributed by atoms with Gasteiger partial charge >= 0.3 is 0 Å². The standard InChI is InChI=1S/C28H26N2O3S2/c1-19-8-6-9-20(2)26(19)29-25(31)18-33-23-13-7-12-22(16-23)17-24-27(32)30(28(34)35-24)15-14-21-10-4-3-5-11-21/h3-13,16-17H,14-15,18H2,1-2H3,(H,29,31)/b24-17-. The molecule has 178 valence electrons. The maximum Gasteiger partial charge on any atom is 0.266 e. The van der Waals surface area contributed by atoms with Gasteiger partial charge in [-0.3, -0.25) is 14.5 Å². The van der Waals surface area contributed by atoms with Crippen LogP contribution in [-0.4, -0.2) is 34.2 Å². The fraction of sp³-hybridized carbons (Fsp3) is 0.179. The number of carbonyl (C=O) groups is 2. The van der Waals surface area contributed by atoms with Gasteiger partial charge in [0.1, 0.15) is 10.1 Å². The van der Waals surface area contributed by atoms with Gasteiger partial charge in [0, 0.05) is 12.2 Å². The highest BCUT2D eigenvalue weighted by atomic mass is 32.2. The fourth-order valence-corrected chi connectivity index (χ4v) is 5.07. The van der Waals surface area contributed by atoms with Crippen molar-refractivity contribution < 1.29 is 14.3 Å². The number of amides is 2. The van der Waals surface area contributed by atoms with Crippen LogP contribution in [-0.2, 0) is 16.0 Å². The lowest BCUT2D eigenvalue weighted by Gasteiger charge is -2.14. The van der Waals surface area contributed by atoms with Gasteiger partial charge in [0.25, 0.3) is 11.8 Å². The molecule has 0 atom stereocenters. The van der Waals surface area contributed by atoms with Crippen molar-refractivity contribution in [1.29, 1.82) is 0 Å². The summed E-state index contributed by atoms with van der Waals surface area (Å²) >= 11 is 6.76. The van der Waals surface area contributed by atoms with E-state index in [9.17, 15) is 9.59 Å². The molecule has 1 heterocycles. The van der Waals surface area contributed by atoms with E-state index in [4.69, 9.17) is 17.0 Å². The zero-order chi connectivity index (χ0) is 24.8. The molecule has 0 bridgehead atoms. The molecular formula is C28H26N2O3S2. The molecule has 1 aliphatic heterocycles. The molecule has 35 heavy (non-hydrogen) atoms. The quantitative estimate of drug-likeness (QED) is 0.313. The van der Waals surface area contributed by atoms with Crippen molar-refractivity contribution in [3.8, 4) is 5.75 Å². The second-order valence-electron chi connectivity index (χ2n) is 8.25. The van der Waals surface area contributed by atoms with Crippen LogP contribution in [0.5, 0.6) is 5.75 Å². The molecule has 7 heteroatoms. The van der Waals surface area contributed by atoms with Crippen molar-refractivity contribution in [2.75, 3.05) is 18.5 Å². The molecule has 5 nitrogen and oxygen atoms in total. The Morgan fingerprint density at radius 3 is 2.49 bits per heavy atom. The van der Waals surface area contributed by atoms with Crippen molar-refractivity contribution in [3.05, 3.63) is 100.0 Å². The van der Waals surface area contributed by atoms with E-state index in [2.05, 4.69) is 5.32 Å². The average Bonchev–Trinajstić information content (AvgIpc) is 3.11. The lowest BCUT2D eigenvalue weighted by molar-refractivity contribution is -0.122. The summed E-state index contributed by atoms with van der Waals surface area (Å²) in [5, 5.41) is 2.92. The van der Waals surface area contributed by atoms with Gasteiger partial charge in [0.2, 0.25) is 0 Å². The highest BCUT2D eigenvalue weighted by Crippen LogP contribution is 2.33. The number of rotatable bonds is 8. The first-order valence-corrected chi connectivity index (χ1v) is 12.5. The number of ether oxygens (including phenoxy) is 1.